The van der Waals surface area contributed by atoms with Gasteiger partial charge < -0.3 is 10.1 Å². The largest absolute Gasteiger partial charge is 0.495 e. The number of halogens is 2. The molecule has 0 bridgehead atoms. The lowest BCUT2D eigenvalue weighted by atomic mass is 10.1. The first-order valence-corrected chi connectivity index (χ1v) is 7.16. The lowest BCUT2D eigenvalue weighted by Crippen LogP contribution is -2.27. The van der Waals surface area contributed by atoms with E-state index in [9.17, 15) is 13.6 Å². The molecule has 0 saturated carbocycles. The standard InChI is InChI=1S/C17H17F2N3O2/c1-11(13-9-12(18)7-8-14(13)19)21-22-17(23)10-20-15-5-3-4-6-16(15)24-2/h3-9,20H,10H2,1-2H3,(H,22,23)/b21-11-. The van der Waals surface area contributed by atoms with Crippen LogP contribution in [0.5, 0.6) is 5.75 Å². The summed E-state index contributed by atoms with van der Waals surface area (Å²) < 4.78 is 31.9. The minimum Gasteiger partial charge on any atom is -0.495 e. The Morgan fingerprint density at radius 3 is 2.71 bits per heavy atom. The van der Waals surface area contributed by atoms with Crippen LogP contribution in [0.3, 0.4) is 0 Å². The van der Waals surface area contributed by atoms with Gasteiger partial charge in [-0.05, 0) is 37.3 Å². The summed E-state index contributed by atoms with van der Waals surface area (Å²) in [5, 5.41) is 6.70. The highest BCUT2D eigenvalue weighted by molar-refractivity contribution is 5.99. The molecular formula is C17H17F2N3O2. The monoisotopic (exact) mass is 333 g/mol. The fraction of sp³-hybridized carbons (Fsp3) is 0.176. The molecule has 2 rings (SSSR count). The van der Waals surface area contributed by atoms with Gasteiger partial charge in [-0.25, -0.2) is 14.2 Å². The first-order chi connectivity index (χ1) is 11.5. The predicted octanol–water partition coefficient (Wildman–Crippen LogP) is 2.93. The summed E-state index contributed by atoms with van der Waals surface area (Å²) in [6.45, 7) is 1.43. The molecule has 1 amide bonds. The number of carbonyl (C=O) groups is 1. The number of para-hydroxylation sites is 2. The van der Waals surface area contributed by atoms with Crippen LogP contribution in [0, 0.1) is 11.6 Å². The van der Waals surface area contributed by atoms with Crippen molar-refractivity contribution in [1.29, 1.82) is 0 Å². The van der Waals surface area contributed by atoms with Gasteiger partial charge in [-0.3, -0.25) is 4.79 Å². The first kappa shape index (κ1) is 17.4. The number of ether oxygens (including phenoxy) is 1. The van der Waals surface area contributed by atoms with Gasteiger partial charge in [-0.15, -0.1) is 0 Å². The van der Waals surface area contributed by atoms with E-state index in [2.05, 4.69) is 15.8 Å². The first-order valence-electron chi connectivity index (χ1n) is 7.16. The minimum atomic E-state index is -0.612. The molecular weight excluding hydrogens is 316 g/mol. The summed E-state index contributed by atoms with van der Waals surface area (Å²) in [4.78, 5) is 11.8. The third kappa shape index (κ3) is 4.52. The van der Waals surface area contributed by atoms with Gasteiger partial charge in [0.05, 0.1) is 25.1 Å². The average Bonchev–Trinajstić information content (AvgIpc) is 2.60. The second kappa shape index (κ2) is 8.05. The lowest BCUT2D eigenvalue weighted by molar-refractivity contribution is -0.119. The Bertz CT molecular complexity index is 763. The van der Waals surface area contributed by atoms with Gasteiger partial charge in [0, 0.05) is 5.56 Å². The smallest absolute Gasteiger partial charge is 0.259 e. The second-order valence-electron chi connectivity index (χ2n) is 4.91. The average molecular weight is 333 g/mol. The number of hydrogen-bond donors (Lipinski definition) is 2. The number of anilines is 1. The Balaban J connectivity index is 1.96. The maximum atomic E-state index is 13.6. The van der Waals surface area contributed by atoms with E-state index in [0.29, 0.717) is 11.4 Å². The van der Waals surface area contributed by atoms with Crippen LogP contribution in [0.15, 0.2) is 47.6 Å². The van der Waals surface area contributed by atoms with E-state index in [1.54, 1.807) is 18.2 Å². The van der Waals surface area contributed by atoms with E-state index in [0.717, 1.165) is 18.2 Å². The predicted molar refractivity (Wildman–Crippen MR) is 88.2 cm³/mol. The van der Waals surface area contributed by atoms with Gasteiger partial charge in [-0.1, -0.05) is 12.1 Å². The van der Waals surface area contributed by atoms with E-state index in [1.807, 2.05) is 6.07 Å². The van der Waals surface area contributed by atoms with Gasteiger partial charge in [0.1, 0.15) is 17.4 Å². The van der Waals surface area contributed by atoms with E-state index < -0.39 is 17.5 Å². The molecule has 0 saturated heterocycles. The van der Waals surface area contributed by atoms with Crippen molar-refractivity contribution in [2.75, 3.05) is 19.0 Å². The van der Waals surface area contributed by atoms with Crippen LogP contribution < -0.4 is 15.5 Å². The molecule has 126 valence electrons. The minimum absolute atomic E-state index is 0.00649. The molecule has 0 aliphatic rings. The lowest BCUT2D eigenvalue weighted by Gasteiger charge is -2.10. The van der Waals surface area contributed by atoms with Gasteiger partial charge in [0.2, 0.25) is 0 Å². The van der Waals surface area contributed by atoms with Gasteiger partial charge in [0.15, 0.2) is 0 Å². The van der Waals surface area contributed by atoms with Crippen LogP contribution in [0.2, 0.25) is 0 Å². The van der Waals surface area contributed by atoms with Crippen molar-refractivity contribution in [2.24, 2.45) is 5.10 Å². The van der Waals surface area contributed by atoms with Crippen LogP contribution in [0.25, 0.3) is 0 Å². The van der Waals surface area contributed by atoms with Crippen LogP contribution >= 0.6 is 0 Å². The Kier molecular flexibility index (Phi) is 5.83. The number of hydrazone groups is 1. The van der Waals surface area contributed by atoms with Crippen molar-refractivity contribution in [3.8, 4) is 5.75 Å². The van der Waals surface area contributed by atoms with Crippen LogP contribution in [-0.4, -0.2) is 25.3 Å². The number of carbonyl (C=O) groups excluding carboxylic acids is 1. The number of hydrogen-bond acceptors (Lipinski definition) is 4. The molecule has 0 radical (unpaired) electrons. The molecule has 0 fully saturated rings. The maximum Gasteiger partial charge on any atom is 0.259 e. The number of benzene rings is 2. The van der Waals surface area contributed by atoms with E-state index in [1.165, 1.54) is 14.0 Å². The highest BCUT2D eigenvalue weighted by Gasteiger charge is 2.08. The topological polar surface area (TPSA) is 62.7 Å². The van der Waals surface area contributed by atoms with Crippen molar-refractivity contribution in [2.45, 2.75) is 6.92 Å². The van der Waals surface area contributed by atoms with Crippen molar-refractivity contribution in [3.63, 3.8) is 0 Å². The van der Waals surface area contributed by atoms with Crippen LogP contribution in [0.4, 0.5) is 14.5 Å². The summed E-state index contributed by atoms with van der Waals surface area (Å²) >= 11 is 0. The molecule has 7 heteroatoms. The summed E-state index contributed by atoms with van der Waals surface area (Å²) in [7, 11) is 1.53. The molecule has 2 aromatic carbocycles. The van der Waals surface area contributed by atoms with Crippen molar-refractivity contribution < 1.29 is 18.3 Å². The van der Waals surface area contributed by atoms with Gasteiger partial charge in [-0.2, -0.15) is 5.10 Å². The number of rotatable bonds is 6. The number of amides is 1. The molecule has 5 nitrogen and oxygen atoms in total. The molecule has 0 heterocycles. The zero-order valence-electron chi connectivity index (χ0n) is 13.3. The molecule has 0 aromatic heterocycles. The van der Waals surface area contributed by atoms with Crippen molar-refractivity contribution in [3.05, 3.63) is 59.7 Å². The van der Waals surface area contributed by atoms with Gasteiger partial charge >= 0.3 is 0 Å². The summed E-state index contributed by atoms with van der Waals surface area (Å²) in [6.07, 6.45) is 0. The Morgan fingerprint density at radius 1 is 1.21 bits per heavy atom. The Hall–Kier alpha value is -2.96. The third-order valence-electron chi connectivity index (χ3n) is 3.21. The zero-order chi connectivity index (χ0) is 17.5. The molecule has 24 heavy (non-hydrogen) atoms. The fourth-order valence-electron chi connectivity index (χ4n) is 1.99. The number of nitrogens with zero attached hydrogens (tertiary/aromatic N) is 1. The van der Waals surface area contributed by atoms with Gasteiger partial charge in [0.25, 0.3) is 5.91 Å². The van der Waals surface area contributed by atoms with Crippen molar-refractivity contribution >= 4 is 17.3 Å². The zero-order valence-corrected chi connectivity index (χ0v) is 13.3. The molecule has 0 aliphatic heterocycles. The quantitative estimate of drug-likeness (QED) is 0.631. The number of methoxy groups -OCH3 is 1. The summed E-state index contributed by atoms with van der Waals surface area (Å²) in [6, 6.07) is 10.2. The SMILES string of the molecule is COc1ccccc1NCC(=O)N/N=C(/C)c1cc(F)ccc1F. The second-order valence-corrected chi connectivity index (χ2v) is 4.91. The van der Waals surface area contributed by atoms with Crippen molar-refractivity contribution in [1.82, 2.24) is 5.43 Å². The molecule has 0 atom stereocenters. The molecule has 0 unspecified atom stereocenters. The molecule has 2 aromatic rings. The fourth-order valence-corrected chi connectivity index (χ4v) is 1.99. The highest BCUT2D eigenvalue weighted by atomic mass is 19.1. The van der Waals surface area contributed by atoms with Crippen LogP contribution in [-0.2, 0) is 4.79 Å². The van der Waals surface area contributed by atoms with E-state index in [-0.39, 0.29) is 17.8 Å². The highest BCUT2D eigenvalue weighted by Crippen LogP contribution is 2.22. The maximum absolute atomic E-state index is 13.6. The molecule has 2 N–H and O–H groups in total. The summed E-state index contributed by atoms with van der Waals surface area (Å²) in [5.74, 6) is -1.02. The summed E-state index contributed by atoms with van der Waals surface area (Å²) in [5.41, 5.74) is 3.11. The number of nitrogens with one attached hydrogen (secondary N) is 2. The molecule has 0 aliphatic carbocycles. The normalized spacial score (nSPS) is 11.1. The Labute approximate surface area is 138 Å². The Morgan fingerprint density at radius 2 is 1.96 bits per heavy atom. The van der Waals surface area contributed by atoms with E-state index >= 15 is 0 Å². The molecule has 0 spiro atoms. The van der Waals surface area contributed by atoms with Crippen LogP contribution in [0.1, 0.15) is 12.5 Å². The third-order valence-corrected chi connectivity index (χ3v) is 3.21. The van der Waals surface area contributed by atoms with E-state index in [4.69, 9.17) is 4.74 Å².